The van der Waals surface area contributed by atoms with Gasteiger partial charge in [0.15, 0.2) is 0 Å². The molecule has 4 heteroatoms. The fourth-order valence-corrected chi connectivity index (χ4v) is 4.29. The molecule has 26 heavy (non-hydrogen) atoms. The molecular formula is C22H32N4. The molecule has 4 nitrogen and oxygen atoms in total. The molecule has 0 spiro atoms. The van der Waals surface area contributed by atoms with Gasteiger partial charge in [-0.3, -0.25) is 0 Å². The number of rotatable bonds is 5. The lowest BCUT2D eigenvalue weighted by molar-refractivity contribution is 0.713. The molecular weight excluding hydrogens is 320 g/mol. The molecule has 1 aromatic heterocycles. The summed E-state index contributed by atoms with van der Waals surface area (Å²) < 4.78 is 0. The minimum atomic E-state index is 0.864. The highest BCUT2D eigenvalue weighted by Crippen LogP contribution is 2.39. The molecule has 1 aliphatic heterocycles. The molecule has 0 amide bonds. The lowest BCUT2D eigenvalue weighted by atomic mass is 9.99. The molecule has 1 aromatic carbocycles. The first-order chi connectivity index (χ1) is 12.5. The van der Waals surface area contributed by atoms with Crippen LogP contribution in [-0.2, 0) is 6.42 Å². The van der Waals surface area contributed by atoms with Crippen molar-refractivity contribution in [1.29, 1.82) is 0 Å². The zero-order valence-electron chi connectivity index (χ0n) is 17.2. The first-order valence-corrected chi connectivity index (χ1v) is 9.94. The van der Waals surface area contributed by atoms with Gasteiger partial charge in [-0.05, 0) is 65.0 Å². The van der Waals surface area contributed by atoms with Crippen molar-refractivity contribution >= 4 is 17.3 Å². The van der Waals surface area contributed by atoms with Crippen LogP contribution >= 0.6 is 0 Å². The molecule has 0 unspecified atom stereocenters. The number of aromatic nitrogens is 2. The van der Waals surface area contributed by atoms with E-state index in [1.807, 2.05) is 6.92 Å². The van der Waals surface area contributed by atoms with Gasteiger partial charge in [0.25, 0.3) is 0 Å². The van der Waals surface area contributed by atoms with E-state index in [9.17, 15) is 0 Å². The summed E-state index contributed by atoms with van der Waals surface area (Å²) in [6.45, 7) is 16.1. The fraction of sp³-hybridized carbons (Fsp3) is 0.545. The zero-order chi connectivity index (χ0) is 18.8. The predicted octanol–water partition coefficient (Wildman–Crippen LogP) is 5.03. The highest BCUT2D eigenvalue weighted by molar-refractivity contribution is 5.74. The van der Waals surface area contributed by atoms with Crippen LogP contribution in [0.1, 0.15) is 54.8 Å². The Morgan fingerprint density at radius 3 is 2.35 bits per heavy atom. The van der Waals surface area contributed by atoms with Crippen LogP contribution in [0.2, 0.25) is 0 Å². The molecule has 2 aromatic rings. The third kappa shape index (κ3) is 3.42. The summed E-state index contributed by atoms with van der Waals surface area (Å²) >= 11 is 0. The van der Waals surface area contributed by atoms with Crippen molar-refractivity contribution in [3.8, 4) is 0 Å². The van der Waals surface area contributed by atoms with Gasteiger partial charge in [0.1, 0.15) is 17.5 Å². The maximum Gasteiger partial charge on any atom is 0.142 e. The van der Waals surface area contributed by atoms with Crippen LogP contribution < -0.4 is 9.80 Å². The van der Waals surface area contributed by atoms with Crippen molar-refractivity contribution < 1.29 is 0 Å². The van der Waals surface area contributed by atoms with Crippen molar-refractivity contribution in [2.24, 2.45) is 0 Å². The van der Waals surface area contributed by atoms with Crippen molar-refractivity contribution in [3.63, 3.8) is 0 Å². The van der Waals surface area contributed by atoms with Crippen LogP contribution in [-0.4, -0.2) is 29.6 Å². The fourth-order valence-electron chi connectivity index (χ4n) is 4.29. The second-order valence-electron chi connectivity index (χ2n) is 7.48. The topological polar surface area (TPSA) is 32.3 Å². The van der Waals surface area contributed by atoms with E-state index in [1.54, 1.807) is 0 Å². The average Bonchev–Trinajstić information content (AvgIpc) is 2.58. The summed E-state index contributed by atoms with van der Waals surface area (Å²) in [6, 6.07) is 4.56. The first kappa shape index (κ1) is 18.7. The Kier molecular flexibility index (Phi) is 5.49. The number of hydrogen-bond donors (Lipinski definition) is 0. The van der Waals surface area contributed by atoms with Gasteiger partial charge in [0, 0.05) is 30.9 Å². The average molecular weight is 353 g/mol. The molecule has 140 valence electrons. The molecule has 1 aliphatic rings. The van der Waals surface area contributed by atoms with E-state index in [0.29, 0.717) is 0 Å². The number of nitrogens with zero attached hydrogens (tertiary/aromatic N) is 4. The molecule has 0 fully saturated rings. The molecule has 0 saturated carbocycles. The van der Waals surface area contributed by atoms with Gasteiger partial charge in [0.2, 0.25) is 0 Å². The third-order valence-electron chi connectivity index (χ3n) is 5.22. The molecule has 3 rings (SSSR count). The largest absolute Gasteiger partial charge is 0.357 e. The summed E-state index contributed by atoms with van der Waals surface area (Å²) in [7, 11) is 0. The SMILES string of the molecule is CCCN(CC)c1nc(C)nc2c1CCCN2c1c(C)cc(C)cc1C. The van der Waals surface area contributed by atoms with Gasteiger partial charge >= 0.3 is 0 Å². The highest BCUT2D eigenvalue weighted by atomic mass is 15.3. The van der Waals surface area contributed by atoms with Crippen molar-refractivity contribution in [3.05, 3.63) is 40.2 Å². The van der Waals surface area contributed by atoms with Gasteiger partial charge in [0.05, 0.1) is 0 Å². The number of aryl methyl sites for hydroxylation is 4. The highest BCUT2D eigenvalue weighted by Gasteiger charge is 2.27. The lowest BCUT2D eigenvalue weighted by Gasteiger charge is -2.35. The van der Waals surface area contributed by atoms with E-state index in [-0.39, 0.29) is 0 Å². The first-order valence-electron chi connectivity index (χ1n) is 9.94. The third-order valence-corrected chi connectivity index (χ3v) is 5.22. The van der Waals surface area contributed by atoms with Crippen LogP contribution in [0.4, 0.5) is 17.3 Å². The van der Waals surface area contributed by atoms with Crippen molar-refractivity contribution in [2.75, 3.05) is 29.4 Å². The van der Waals surface area contributed by atoms with Gasteiger partial charge < -0.3 is 9.80 Å². The predicted molar refractivity (Wildman–Crippen MR) is 111 cm³/mol. The Bertz CT molecular complexity index is 774. The minimum absolute atomic E-state index is 0.864. The standard InChI is InChI=1S/C22H32N4/c1-7-11-25(8-2)21-19-10-9-12-26(22(19)24-18(6)23-21)20-16(4)13-15(3)14-17(20)5/h13-14H,7-12H2,1-6H3. The molecule has 0 N–H and O–H groups in total. The monoisotopic (exact) mass is 352 g/mol. The summed E-state index contributed by atoms with van der Waals surface area (Å²) in [6.07, 6.45) is 3.33. The normalized spacial score (nSPS) is 13.7. The molecule has 0 saturated heterocycles. The van der Waals surface area contributed by atoms with E-state index in [4.69, 9.17) is 9.97 Å². The van der Waals surface area contributed by atoms with Crippen LogP contribution in [0, 0.1) is 27.7 Å². The van der Waals surface area contributed by atoms with Gasteiger partial charge in [-0.15, -0.1) is 0 Å². The van der Waals surface area contributed by atoms with Gasteiger partial charge in [-0.25, -0.2) is 9.97 Å². The summed E-state index contributed by atoms with van der Waals surface area (Å²) in [4.78, 5) is 14.6. The molecule has 0 bridgehead atoms. The van der Waals surface area contributed by atoms with Crippen LogP contribution in [0.15, 0.2) is 12.1 Å². The minimum Gasteiger partial charge on any atom is -0.357 e. The Morgan fingerprint density at radius 1 is 1.04 bits per heavy atom. The maximum absolute atomic E-state index is 4.90. The smallest absolute Gasteiger partial charge is 0.142 e. The van der Waals surface area contributed by atoms with Crippen LogP contribution in [0.25, 0.3) is 0 Å². The van der Waals surface area contributed by atoms with Crippen LogP contribution in [0.3, 0.4) is 0 Å². The van der Waals surface area contributed by atoms with Gasteiger partial charge in [-0.2, -0.15) is 0 Å². The second kappa shape index (κ2) is 7.65. The quantitative estimate of drug-likeness (QED) is 0.755. The number of anilines is 3. The van der Waals surface area contributed by atoms with E-state index >= 15 is 0 Å². The Morgan fingerprint density at radius 2 is 1.73 bits per heavy atom. The van der Waals surface area contributed by atoms with E-state index in [2.05, 4.69) is 56.6 Å². The van der Waals surface area contributed by atoms with Crippen molar-refractivity contribution in [1.82, 2.24) is 9.97 Å². The Hall–Kier alpha value is -2.10. The van der Waals surface area contributed by atoms with E-state index in [1.165, 1.54) is 27.9 Å². The molecule has 2 heterocycles. The number of benzene rings is 1. The lowest BCUT2D eigenvalue weighted by Crippen LogP contribution is -2.32. The second-order valence-corrected chi connectivity index (χ2v) is 7.48. The Labute approximate surface area is 158 Å². The maximum atomic E-state index is 4.90. The van der Waals surface area contributed by atoms with Crippen molar-refractivity contribution in [2.45, 2.75) is 60.8 Å². The molecule has 0 radical (unpaired) electrons. The summed E-state index contributed by atoms with van der Waals surface area (Å²) in [5, 5.41) is 0. The van der Waals surface area contributed by atoms with E-state index < -0.39 is 0 Å². The number of fused-ring (bicyclic) bond motifs is 1. The zero-order valence-corrected chi connectivity index (χ0v) is 17.2. The van der Waals surface area contributed by atoms with Gasteiger partial charge in [-0.1, -0.05) is 24.6 Å². The Balaban J connectivity index is 2.15. The van der Waals surface area contributed by atoms with E-state index in [0.717, 1.165) is 56.4 Å². The molecule has 0 aliphatic carbocycles. The molecule has 0 atom stereocenters. The summed E-state index contributed by atoms with van der Waals surface area (Å²) in [5.74, 6) is 3.12. The van der Waals surface area contributed by atoms with Crippen LogP contribution in [0.5, 0.6) is 0 Å². The number of hydrogen-bond acceptors (Lipinski definition) is 4. The summed E-state index contributed by atoms with van der Waals surface area (Å²) in [5.41, 5.74) is 6.61.